The molecule has 0 aliphatic carbocycles. The van der Waals surface area contributed by atoms with Gasteiger partial charge < -0.3 is 41.8 Å². The van der Waals surface area contributed by atoms with Crippen molar-refractivity contribution < 1.29 is 47.4 Å². The molecule has 0 aliphatic rings. The summed E-state index contributed by atoms with van der Waals surface area (Å²) >= 11 is 0. The Kier molecular flexibility index (Phi) is 13.2. The first-order valence-corrected chi connectivity index (χ1v) is 16.5. The van der Waals surface area contributed by atoms with Gasteiger partial charge in [-0.15, -0.1) is 0 Å². The van der Waals surface area contributed by atoms with E-state index in [9.17, 15) is 47.4 Å². The Hall–Kier alpha value is -4.51. The molecule has 0 spiro atoms. The highest BCUT2D eigenvalue weighted by Crippen LogP contribution is 2.20. The van der Waals surface area contributed by atoms with Gasteiger partial charge in [0.25, 0.3) is 0 Å². The fourth-order valence-electron chi connectivity index (χ4n) is 4.51. The molecule has 4 amide bonds. The fraction of sp³-hybridized carbons (Fsp3) is 0.517. The molecule has 46 heavy (non-hydrogen) atoms. The zero-order valence-electron chi connectivity index (χ0n) is 26.3. The van der Waals surface area contributed by atoms with Gasteiger partial charge in [-0.2, -0.15) is 0 Å². The van der Waals surface area contributed by atoms with Crippen molar-refractivity contribution in [3.8, 4) is 0 Å². The van der Waals surface area contributed by atoms with Gasteiger partial charge in [-0.3, -0.25) is 24.0 Å². The number of fused-ring (bicyclic) bond motifs is 1. The van der Waals surface area contributed by atoms with Crippen LogP contribution in [0.15, 0.2) is 30.5 Å². The van der Waals surface area contributed by atoms with Crippen molar-refractivity contribution in [1.82, 2.24) is 25.8 Å². The zero-order chi connectivity index (χ0) is 34.9. The highest BCUT2D eigenvalue weighted by Gasteiger charge is 2.35. The van der Waals surface area contributed by atoms with E-state index in [1.807, 2.05) is 0 Å². The molecule has 16 nitrogen and oxygen atoms in total. The molecule has 2 aromatic rings. The first-order chi connectivity index (χ1) is 21.3. The highest BCUT2D eigenvalue weighted by atomic mass is 32.2. The van der Waals surface area contributed by atoms with Crippen LogP contribution < -0.4 is 21.7 Å². The number of carbonyl (C=O) groups excluding carboxylic acids is 4. The summed E-state index contributed by atoms with van der Waals surface area (Å²) in [5, 5.41) is 26.9. The number of nitrogens with zero attached hydrogens (tertiary/aromatic N) is 1. The molecule has 0 bridgehead atoms. The number of carboxylic acid groups (broad SMARTS) is 2. The van der Waals surface area contributed by atoms with Gasteiger partial charge in [0.1, 0.15) is 34.0 Å². The monoisotopic (exact) mass is 666 g/mol. The lowest BCUT2D eigenvalue weighted by Gasteiger charge is -2.29. The van der Waals surface area contributed by atoms with Crippen LogP contribution in [0.2, 0.25) is 0 Å². The number of likely N-dealkylation sites (N-methyl/N-ethyl adjacent to an activating group) is 1. The fourth-order valence-corrected chi connectivity index (χ4v) is 5.19. The maximum absolute atomic E-state index is 13.5. The number of sulfone groups is 1. The van der Waals surface area contributed by atoms with Crippen molar-refractivity contribution in [2.75, 3.05) is 19.1 Å². The molecule has 1 aromatic heterocycles. The second-order valence-electron chi connectivity index (χ2n) is 11.5. The largest absolute Gasteiger partial charge is 0.481 e. The topological polar surface area (TPSA) is 258 Å². The number of nitrogens with two attached hydrogens (primary N) is 1. The average molecular weight is 667 g/mol. The summed E-state index contributed by atoms with van der Waals surface area (Å²) in [6, 6.07) is 0.281. The molecule has 1 aromatic carbocycles. The van der Waals surface area contributed by atoms with Gasteiger partial charge in [0.15, 0.2) is 0 Å². The van der Waals surface area contributed by atoms with Crippen LogP contribution >= 0.6 is 0 Å². The normalized spacial score (nSPS) is 14.8. The molecule has 0 radical (unpaired) electrons. The summed E-state index contributed by atoms with van der Waals surface area (Å²) in [7, 11) is -2.15. The Labute approximate surface area is 266 Å². The molecule has 0 aliphatic heterocycles. The second-order valence-corrected chi connectivity index (χ2v) is 13.8. The summed E-state index contributed by atoms with van der Waals surface area (Å²) in [6.07, 6.45) is 1.42. The molecule has 17 heteroatoms. The Balaban J connectivity index is 2.32. The number of carbonyl (C=O) groups is 6. The maximum atomic E-state index is 13.5. The number of amides is 4. The molecule has 0 saturated carbocycles. The molecule has 0 unspecified atom stereocenters. The van der Waals surface area contributed by atoms with Crippen LogP contribution in [0.25, 0.3) is 10.9 Å². The van der Waals surface area contributed by atoms with E-state index < -0.39 is 88.0 Å². The Morgan fingerprint density at radius 2 is 1.54 bits per heavy atom. The van der Waals surface area contributed by atoms with Crippen molar-refractivity contribution in [3.63, 3.8) is 0 Å². The van der Waals surface area contributed by atoms with Crippen molar-refractivity contribution in [3.05, 3.63) is 36.0 Å². The lowest BCUT2D eigenvalue weighted by Crippen LogP contribution is -2.60. The number of aromatic nitrogens is 1. The summed E-state index contributed by atoms with van der Waals surface area (Å²) < 4.78 is 22.9. The van der Waals surface area contributed by atoms with Crippen LogP contribution in [0.5, 0.6) is 0 Å². The number of nitrogens with one attached hydrogen (secondary N) is 4. The van der Waals surface area contributed by atoms with Gasteiger partial charge in [-0.25, -0.2) is 13.2 Å². The lowest BCUT2D eigenvalue weighted by atomic mass is 10.0. The summed E-state index contributed by atoms with van der Waals surface area (Å²) in [4.78, 5) is 80.2. The summed E-state index contributed by atoms with van der Waals surface area (Å²) in [5.41, 5.74) is 7.16. The lowest BCUT2D eigenvalue weighted by molar-refractivity contribution is -0.149. The number of H-pyrrole nitrogens is 1. The summed E-state index contributed by atoms with van der Waals surface area (Å²) in [6.45, 7) is 4.44. The zero-order valence-corrected chi connectivity index (χ0v) is 27.1. The van der Waals surface area contributed by atoms with Crippen LogP contribution in [0.4, 0.5) is 0 Å². The standard InChI is InChI=1S/C29H42N6O10S/c1-15(2)24(34-25(38)19(30)10-11-46(5,44)45)27(40)32-21(13-23(36)37)26(39)33-22(28(41)35(4)16(3)29(42)43)12-17-14-31-20-9-7-6-8-18(17)20/h6-9,14-16,19,21-22,24,31H,10-13,30H2,1-5H3,(H,32,40)(H,33,39)(H,34,38)(H,36,37)(H,42,43)/t16-,19-,21-,22-,24-/m0/s1. The Morgan fingerprint density at radius 3 is 2.11 bits per heavy atom. The average Bonchev–Trinajstić information content (AvgIpc) is 3.38. The number of aliphatic carboxylic acids is 2. The van der Waals surface area contributed by atoms with E-state index in [2.05, 4.69) is 20.9 Å². The van der Waals surface area contributed by atoms with Crippen molar-refractivity contribution in [2.45, 2.75) is 70.2 Å². The van der Waals surface area contributed by atoms with Gasteiger partial charge in [0.05, 0.1) is 18.2 Å². The van der Waals surface area contributed by atoms with Gasteiger partial charge in [-0.1, -0.05) is 32.0 Å². The molecular formula is C29H42N6O10S. The number of hydrogen-bond acceptors (Lipinski definition) is 9. The van der Waals surface area contributed by atoms with E-state index in [0.717, 1.165) is 22.1 Å². The predicted molar refractivity (Wildman–Crippen MR) is 167 cm³/mol. The second kappa shape index (κ2) is 16.2. The smallest absolute Gasteiger partial charge is 0.326 e. The first kappa shape index (κ1) is 37.7. The molecular weight excluding hydrogens is 624 g/mol. The number of carboxylic acids is 2. The Bertz CT molecular complexity index is 1560. The third-order valence-electron chi connectivity index (χ3n) is 7.39. The minimum absolute atomic E-state index is 0.102. The van der Waals surface area contributed by atoms with E-state index in [1.54, 1.807) is 44.3 Å². The van der Waals surface area contributed by atoms with Crippen molar-refractivity contribution >= 4 is 56.3 Å². The number of aromatic amines is 1. The van der Waals surface area contributed by atoms with E-state index >= 15 is 0 Å². The molecule has 1 heterocycles. The molecule has 5 atom stereocenters. The Morgan fingerprint density at radius 1 is 0.935 bits per heavy atom. The predicted octanol–water partition coefficient (Wildman–Crippen LogP) is -1.01. The van der Waals surface area contributed by atoms with Gasteiger partial charge >= 0.3 is 11.9 Å². The van der Waals surface area contributed by atoms with Crippen LogP contribution in [-0.2, 0) is 45.0 Å². The minimum Gasteiger partial charge on any atom is -0.481 e. The quantitative estimate of drug-likeness (QED) is 0.108. The number of rotatable bonds is 17. The third-order valence-corrected chi connectivity index (χ3v) is 8.37. The number of para-hydroxylation sites is 1. The van der Waals surface area contributed by atoms with E-state index in [1.165, 1.54) is 14.0 Å². The van der Waals surface area contributed by atoms with Gasteiger partial charge in [0, 0.05) is 36.8 Å². The highest BCUT2D eigenvalue weighted by molar-refractivity contribution is 7.90. The summed E-state index contributed by atoms with van der Waals surface area (Å²) in [5.74, 6) is -7.23. The molecule has 2 rings (SSSR count). The van der Waals surface area contributed by atoms with Crippen molar-refractivity contribution in [2.24, 2.45) is 11.7 Å². The van der Waals surface area contributed by atoms with E-state index in [4.69, 9.17) is 5.73 Å². The molecule has 8 N–H and O–H groups in total. The van der Waals surface area contributed by atoms with E-state index in [-0.39, 0.29) is 18.6 Å². The number of benzene rings is 1. The maximum Gasteiger partial charge on any atom is 0.326 e. The van der Waals surface area contributed by atoms with Crippen LogP contribution in [0.3, 0.4) is 0 Å². The van der Waals surface area contributed by atoms with Crippen LogP contribution in [0, 0.1) is 5.92 Å². The third kappa shape index (κ3) is 10.8. The minimum atomic E-state index is -3.41. The molecule has 0 saturated heterocycles. The van der Waals surface area contributed by atoms with E-state index in [0.29, 0.717) is 5.56 Å². The molecule has 0 fully saturated rings. The van der Waals surface area contributed by atoms with Gasteiger partial charge in [0.2, 0.25) is 23.6 Å². The van der Waals surface area contributed by atoms with Crippen LogP contribution in [-0.4, -0.2) is 113 Å². The molecule has 254 valence electrons. The SMILES string of the molecule is CC(C)[C@H](NC(=O)[C@@H](N)CCS(C)(=O)=O)C(=O)N[C@@H](CC(=O)O)C(=O)N[C@@H](Cc1c[nH]c2ccccc12)C(=O)N(C)[C@@H](C)C(=O)O. The van der Waals surface area contributed by atoms with Crippen molar-refractivity contribution in [1.29, 1.82) is 0 Å². The first-order valence-electron chi connectivity index (χ1n) is 14.4. The van der Waals surface area contributed by atoms with Crippen LogP contribution in [0.1, 0.15) is 39.2 Å². The van der Waals surface area contributed by atoms with Gasteiger partial charge in [-0.05, 0) is 30.9 Å². The number of hydrogen-bond donors (Lipinski definition) is 7.